The third-order valence-corrected chi connectivity index (χ3v) is 1.60. The number of hydrogen-bond donors (Lipinski definition) is 1. The highest BCUT2D eigenvalue weighted by molar-refractivity contribution is 5.50. The zero-order valence-electron chi connectivity index (χ0n) is 7.38. The zero-order chi connectivity index (χ0) is 10.7. The third kappa shape index (κ3) is 1.95. The van der Waals surface area contributed by atoms with Crippen molar-refractivity contribution in [1.82, 2.24) is 0 Å². The first kappa shape index (κ1) is 10.4. The number of nitrogens with zero attached hydrogens (tertiary/aromatic N) is 1. The van der Waals surface area contributed by atoms with E-state index in [1.807, 2.05) is 0 Å². The Kier molecular flexibility index (Phi) is 2.95. The summed E-state index contributed by atoms with van der Waals surface area (Å²) in [5.41, 5.74) is -0.931. The number of halogens is 2. The van der Waals surface area contributed by atoms with Crippen LogP contribution in [0.2, 0.25) is 0 Å². The van der Waals surface area contributed by atoms with Gasteiger partial charge in [0, 0.05) is 12.6 Å². The minimum atomic E-state index is -1.05. The number of hydrogen-bond acceptors (Lipinski definition) is 3. The Morgan fingerprint density at radius 1 is 1.43 bits per heavy atom. The maximum absolute atomic E-state index is 13.0. The molecule has 1 aromatic rings. The van der Waals surface area contributed by atoms with Gasteiger partial charge in [-0.25, -0.2) is 4.39 Å². The van der Waals surface area contributed by atoms with Crippen LogP contribution in [0.15, 0.2) is 12.1 Å². The van der Waals surface area contributed by atoms with E-state index in [2.05, 4.69) is 5.32 Å². The summed E-state index contributed by atoms with van der Waals surface area (Å²) in [6, 6.07) is 1.34. The van der Waals surface area contributed by atoms with Crippen LogP contribution in [-0.2, 0) is 0 Å². The van der Waals surface area contributed by atoms with Crippen LogP contribution in [-0.4, -0.2) is 11.5 Å². The number of rotatable bonds is 3. The molecule has 0 saturated heterocycles. The first-order valence-corrected chi connectivity index (χ1v) is 3.93. The molecule has 0 aliphatic carbocycles. The molecule has 0 aliphatic rings. The van der Waals surface area contributed by atoms with Crippen LogP contribution >= 0.6 is 0 Å². The van der Waals surface area contributed by atoms with Crippen molar-refractivity contribution in [2.45, 2.75) is 6.92 Å². The summed E-state index contributed by atoms with van der Waals surface area (Å²) < 4.78 is 26.0. The molecule has 1 aromatic carbocycles. The minimum absolute atomic E-state index is 0.0735. The standard InChI is InChI=1S/C8H8F2N2O2/c1-2-11-7-3-6(10)8(12(13)14)4-5(7)9/h3-4,11H,2H2,1H3. The first-order valence-electron chi connectivity index (χ1n) is 3.93. The van der Waals surface area contributed by atoms with Gasteiger partial charge in [-0.3, -0.25) is 10.1 Å². The molecule has 0 bridgehead atoms. The van der Waals surface area contributed by atoms with E-state index in [0.717, 1.165) is 6.07 Å². The van der Waals surface area contributed by atoms with Gasteiger partial charge in [0.05, 0.1) is 16.7 Å². The first-order chi connectivity index (χ1) is 6.56. The predicted octanol–water partition coefficient (Wildman–Crippen LogP) is 2.30. The molecule has 0 heterocycles. The summed E-state index contributed by atoms with van der Waals surface area (Å²) in [6.07, 6.45) is 0. The Bertz CT molecular complexity index is 369. The van der Waals surface area contributed by atoms with Crippen molar-refractivity contribution in [3.05, 3.63) is 33.9 Å². The van der Waals surface area contributed by atoms with Crippen LogP contribution in [0, 0.1) is 21.7 Å². The van der Waals surface area contributed by atoms with Crippen molar-refractivity contribution in [3.8, 4) is 0 Å². The number of nitro benzene ring substituents is 1. The highest BCUT2D eigenvalue weighted by Gasteiger charge is 2.17. The molecule has 0 aliphatic heterocycles. The fraction of sp³-hybridized carbons (Fsp3) is 0.250. The van der Waals surface area contributed by atoms with Crippen molar-refractivity contribution < 1.29 is 13.7 Å². The molecule has 4 nitrogen and oxygen atoms in total. The maximum Gasteiger partial charge on any atom is 0.307 e. The Morgan fingerprint density at radius 2 is 2.07 bits per heavy atom. The molecule has 0 fully saturated rings. The van der Waals surface area contributed by atoms with Gasteiger partial charge in [-0.2, -0.15) is 4.39 Å². The van der Waals surface area contributed by atoms with Crippen LogP contribution in [0.5, 0.6) is 0 Å². The molecular formula is C8H8F2N2O2. The second-order valence-electron chi connectivity index (χ2n) is 2.57. The van der Waals surface area contributed by atoms with Crippen LogP contribution < -0.4 is 5.32 Å². The molecule has 0 spiro atoms. The van der Waals surface area contributed by atoms with E-state index in [1.54, 1.807) is 6.92 Å². The molecule has 0 aromatic heterocycles. The summed E-state index contributed by atoms with van der Waals surface area (Å²) in [6.45, 7) is 2.12. The van der Waals surface area contributed by atoms with Crippen molar-refractivity contribution >= 4 is 11.4 Å². The van der Waals surface area contributed by atoms with Crippen LogP contribution in [0.4, 0.5) is 20.2 Å². The van der Waals surface area contributed by atoms with E-state index in [0.29, 0.717) is 12.6 Å². The fourth-order valence-corrected chi connectivity index (χ4v) is 1.00. The van der Waals surface area contributed by atoms with E-state index >= 15 is 0 Å². The summed E-state index contributed by atoms with van der Waals surface area (Å²) >= 11 is 0. The zero-order valence-corrected chi connectivity index (χ0v) is 7.38. The van der Waals surface area contributed by atoms with Gasteiger partial charge in [-0.1, -0.05) is 0 Å². The molecule has 0 amide bonds. The molecule has 1 N–H and O–H groups in total. The second-order valence-corrected chi connectivity index (χ2v) is 2.57. The van der Waals surface area contributed by atoms with Crippen LogP contribution in [0.25, 0.3) is 0 Å². The fourth-order valence-electron chi connectivity index (χ4n) is 1.00. The van der Waals surface area contributed by atoms with E-state index in [9.17, 15) is 18.9 Å². The third-order valence-electron chi connectivity index (χ3n) is 1.60. The van der Waals surface area contributed by atoms with Gasteiger partial charge in [0.2, 0.25) is 5.82 Å². The van der Waals surface area contributed by atoms with Gasteiger partial charge in [-0.05, 0) is 6.92 Å². The summed E-state index contributed by atoms with van der Waals surface area (Å²) in [7, 11) is 0. The molecule has 6 heteroatoms. The van der Waals surface area contributed by atoms with Gasteiger partial charge in [0.15, 0.2) is 5.82 Å². The quantitative estimate of drug-likeness (QED) is 0.604. The Balaban J connectivity index is 3.17. The van der Waals surface area contributed by atoms with Crippen LogP contribution in [0.1, 0.15) is 6.92 Å². The number of benzene rings is 1. The molecule has 0 radical (unpaired) electrons. The average Bonchev–Trinajstić information content (AvgIpc) is 2.10. The molecule has 1 rings (SSSR count). The van der Waals surface area contributed by atoms with Crippen LogP contribution in [0.3, 0.4) is 0 Å². The van der Waals surface area contributed by atoms with Crippen molar-refractivity contribution in [3.63, 3.8) is 0 Å². The van der Waals surface area contributed by atoms with Gasteiger partial charge in [0.1, 0.15) is 0 Å². The van der Waals surface area contributed by atoms with E-state index < -0.39 is 22.2 Å². The lowest BCUT2D eigenvalue weighted by molar-refractivity contribution is -0.387. The van der Waals surface area contributed by atoms with E-state index in [4.69, 9.17) is 0 Å². The smallest absolute Gasteiger partial charge is 0.307 e. The maximum atomic E-state index is 13.0. The Labute approximate surface area is 78.7 Å². The number of nitrogens with one attached hydrogen (secondary N) is 1. The average molecular weight is 202 g/mol. The lowest BCUT2D eigenvalue weighted by Crippen LogP contribution is -2.02. The van der Waals surface area contributed by atoms with Gasteiger partial charge < -0.3 is 5.32 Å². The molecule has 14 heavy (non-hydrogen) atoms. The number of nitro groups is 1. The largest absolute Gasteiger partial charge is 0.383 e. The minimum Gasteiger partial charge on any atom is -0.383 e. The highest BCUT2D eigenvalue weighted by Crippen LogP contribution is 2.24. The Morgan fingerprint density at radius 3 is 2.57 bits per heavy atom. The molecule has 0 saturated carbocycles. The van der Waals surface area contributed by atoms with Crippen molar-refractivity contribution in [2.75, 3.05) is 11.9 Å². The molecular weight excluding hydrogens is 194 g/mol. The summed E-state index contributed by atoms with van der Waals surface area (Å²) in [4.78, 5) is 9.26. The van der Waals surface area contributed by atoms with Crippen molar-refractivity contribution in [1.29, 1.82) is 0 Å². The molecule has 0 atom stereocenters. The summed E-state index contributed by atoms with van der Waals surface area (Å²) in [5.74, 6) is -1.88. The lowest BCUT2D eigenvalue weighted by atomic mass is 10.2. The summed E-state index contributed by atoms with van der Waals surface area (Å²) in [5, 5.41) is 12.8. The van der Waals surface area contributed by atoms with Gasteiger partial charge in [0.25, 0.3) is 0 Å². The molecule has 0 unspecified atom stereocenters. The van der Waals surface area contributed by atoms with E-state index in [-0.39, 0.29) is 5.69 Å². The number of anilines is 1. The SMILES string of the molecule is CCNc1cc(F)c([N+](=O)[O-])cc1F. The van der Waals surface area contributed by atoms with E-state index in [1.165, 1.54) is 0 Å². The normalized spacial score (nSPS) is 9.93. The molecule has 76 valence electrons. The second kappa shape index (κ2) is 3.99. The monoisotopic (exact) mass is 202 g/mol. The lowest BCUT2D eigenvalue weighted by Gasteiger charge is -2.04. The Hall–Kier alpha value is -1.72. The predicted molar refractivity (Wildman–Crippen MR) is 47.2 cm³/mol. The van der Waals surface area contributed by atoms with Gasteiger partial charge in [-0.15, -0.1) is 0 Å². The topological polar surface area (TPSA) is 55.2 Å². The van der Waals surface area contributed by atoms with Gasteiger partial charge >= 0.3 is 5.69 Å². The van der Waals surface area contributed by atoms with Crippen molar-refractivity contribution in [2.24, 2.45) is 0 Å². The highest BCUT2D eigenvalue weighted by atomic mass is 19.1.